The molecule has 100 valence electrons. The Balaban J connectivity index is 1.99. The largest absolute Gasteiger partial charge is 0.310 e. The molecule has 1 aliphatic carbocycles. The van der Waals surface area contributed by atoms with Gasteiger partial charge in [0, 0.05) is 23.2 Å². The summed E-state index contributed by atoms with van der Waals surface area (Å²) in [4.78, 5) is 4.35. The molecule has 4 nitrogen and oxygen atoms in total. The second-order valence-corrected chi connectivity index (χ2v) is 5.42. The highest BCUT2D eigenvalue weighted by molar-refractivity contribution is 6.31. The number of nitrogens with zero attached hydrogens (tertiary/aromatic N) is 3. The fraction of sp³-hybridized carbons (Fsp3) is 0.429. The standard InChI is InChI=1S/C14H17ClN4/c1-9-17-10(2)19(18-9)14-5-3-4-13(15)12(14)8-16-11-6-7-11/h3-5,11,16H,6-8H2,1-2H3. The smallest absolute Gasteiger partial charge is 0.148 e. The number of halogens is 1. The molecule has 0 aliphatic heterocycles. The molecule has 1 N–H and O–H groups in total. The van der Waals surface area contributed by atoms with E-state index in [-0.39, 0.29) is 0 Å². The number of hydrogen-bond donors (Lipinski definition) is 1. The molecule has 1 heterocycles. The Kier molecular flexibility index (Phi) is 3.29. The first kappa shape index (κ1) is 12.6. The molecular weight excluding hydrogens is 260 g/mol. The first-order valence-corrected chi connectivity index (χ1v) is 6.94. The monoisotopic (exact) mass is 276 g/mol. The van der Waals surface area contributed by atoms with Crippen LogP contribution in [0.3, 0.4) is 0 Å². The summed E-state index contributed by atoms with van der Waals surface area (Å²) in [6, 6.07) is 6.57. The van der Waals surface area contributed by atoms with Crippen molar-refractivity contribution in [2.45, 2.75) is 39.3 Å². The molecule has 1 aliphatic rings. The lowest BCUT2D eigenvalue weighted by molar-refractivity contribution is 0.679. The predicted octanol–water partition coefficient (Wildman–Crippen LogP) is 2.79. The summed E-state index contributed by atoms with van der Waals surface area (Å²) < 4.78 is 1.87. The number of aryl methyl sites for hydroxylation is 2. The average molecular weight is 277 g/mol. The molecule has 0 radical (unpaired) electrons. The summed E-state index contributed by atoms with van der Waals surface area (Å²) in [6.45, 7) is 4.63. The van der Waals surface area contributed by atoms with Crippen molar-refractivity contribution in [1.29, 1.82) is 0 Å². The van der Waals surface area contributed by atoms with Gasteiger partial charge in [0.25, 0.3) is 0 Å². The van der Waals surface area contributed by atoms with Crippen LogP contribution >= 0.6 is 11.6 Å². The normalized spacial score (nSPS) is 14.9. The van der Waals surface area contributed by atoms with Crippen molar-refractivity contribution in [2.75, 3.05) is 0 Å². The zero-order chi connectivity index (χ0) is 13.4. The van der Waals surface area contributed by atoms with Crippen LogP contribution in [0.25, 0.3) is 5.69 Å². The highest BCUT2D eigenvalue weighted by Gasteiger charge is 2.21. The van der Waals surface area contributed by atoms with Crippen molar-refractivity contribution in [2.24, 2.45) is 0 Å². The third kappa shape index (κ3) is 2.65. The Bertz CT molecular complexity index is 601. The third-order valence-corrected chi connectivity index (χ3v) is 3.70. The molecule has 1 saturated carbocycles. The van der Waals surface area contributed by atoms with Crippen LogP contribution in [0.2, 0.25) is 5.02 Å². The topological polar surface area (TPSA) is 42.7 Å². The van der Waals surface area contributed by atoms with Crippen molar-refractivity contribution >= 4 is 11.6 Å². The summed E-state index contributed by atoms with van der Waals surface area (Å²) in [5.41, 5.74) is 2.10. The molecular formula is C14H17ClN4. The van der Waals surface area contributed by atoms with Crippen molar-refractivity contribution in [3.8, 4) is 5.69 Å². The van der Waals surface area contributed by atoms with Gasteiger partial charge in [-0.3, -0.25) is 0 Å². The van der Waals surface area contributed by atoms with E-state index < -0.39 is 0 Å². The quantitative estimate of drug-likeness (QED) is 0.934. The second kappa shape index (κ2) is 4.94. The Morgan fingerprint density at radius 3 is 2.79 bits per heavy atom. The molecule has 0 bridgehead atoms. The van der Waals surface area contributed by atoms with E-state index in [1.165, 1.54) is 12.8 Å². The number of nitrogens with one attached hydrogen (secondary N) is 1. The molecule has 0 amide bonds. The lowest BCUT2D eigenvalue weighted by Crippen LogP contribution is -2.17. The minimum atomic E-state index is 0.655. The van der Waals surface area contributed by atoms with E-state index >= 15 is 0 Å². The van der Waals surface area contributed by atoms with Crippen LogP contribution < -0.4 is 5.32 Å². The number of aromatic nitrogens is 3. The van der Waals surface area contributed by atoms with Crippen molar-refractivity contribution in [3.63, 3.8) is 0 Å². The lowest BCUT2D eigenvalue weighted by Gasteiger charge is -2.13. The molecule has 1 aromatic heterocycles. The summed E-state index contributed by atoms with van der Waals surface area (Å²) >= 11 is 6.34. The highest BCUT2D eigenvalue weighted by atomic mass is 35.5. The Morgan fingerprint density at radius 2 is 2.16 bits per heavy atom. The zero-order valence-corrected chi connectivity index (χ0v) is 11.9. The van der Waals surface area contributed by atoms with Crippen molar-refractivity contribution < 1.29 is 0 Å². The first-order valence-electron chi connectivity index (χ1n) is 6.56. The van der Waals surface area contributed by atoms with Crippen LogP contribution in [-0.2, 0) is 6.54 Å². The van der Waals surface area contributed by atoms with Gasteiger partial charge in [0.2, 0.25) is 0 Å². The van der Waals surface area contributed by atoms with Crippen LogP contribution in [0.15, 0.2) is 18.2 Å². The molecule has 3 rings (SSSR count). The summed E-state index contributed by atoms with van der Waals surface area (Å²) in [7, 11) is 0. The van der Waals surface area contributed by atoms with E-state index in [9.17, 15) is 0 Å². The summed E-state index contributed by atoms with van der Waals surface area (Å²) in [6.07, 6.45) is 2.53. The van der Waals surface area contributed by atoms with Gasteiger partial charge in [-0.2, -0.15) is 5.10 Å². The van der Waals surface area contributed by atoms with Gasteiger partial charge in [0.05, 0.1) is 5.69 Å². The first-order chi connectivity index (χ1) is 9.15. The van der Waals surface area contributed by atoms with Gasteiger partial charge in [0.15, 0.2) is 0 Å². The van der Waals surface area contributed by atoms with Gasteiger partial charge in [-0.25, -0.2) is 9.67 Å². The van der Waals surface area contributed by atoms with Gasteiger partial charge in [-0.05, 0) is 38.8 Å². The molecule has 19 heavy (non-hydrogen) atoms. The number of benzene rings is 1. The van der Waals surface area contributed by atoms with Crippen LogP contribution in [0.1, 0.15) is 30.1 Å². The highest BCUT2D eigenvalue weighted by Crippen LogP contribution is 2.26. The second-order valence-electron chi connectivity index (χ2n) is 5.01. The van der Waals surface area contributed by atoms with Gasteiger partial charge in [0.1, 0.15) is 11.6 Å². The number of hydrogen-bond acceptors (Lipinski definition) is 3. The van der Waals surface area contributed by atoms with Crippen molar-refractivity contribution in [3.05, 3.63) is 40.4 Å². The van der Waals surface area contributed by atoms with Crippen LogP contribution in [0.4, 0.5) is 0 Å². The van der Waals surface area contributed by atoms with E-state index in [4.69, 9.17) is 11.6 Å². The average Bonchev–Trinajstić information content (AvgIpc) is 3.12. The van der Waals surface area contributed by atoms with E-state index in [2.05, 4.69) is 15.4 Å². The molecule has 1 fully saturated rings. The maximum Gasteiger partial charge on any atom is 0.148 e. The van der Waals surface area contributed by atoms with Gasteiger partial charge < -0.3 is 5.32 Å². The minimum absolute atomic E-state index is 0.655. The molecule has 5 heteroatoms. The van der Waals surface area contributed by atoms with Gasteiger partial charge in [-0.1, -0.05) is 17.7 Å². The van der Waals surface area contributed by atoms with E-state index in [0.717, 1.165) is 34.5 Å². The maximum atomic E-state index is 6.34. The Hall–Kier alpha value is -1.39. The molecule has 0 saturated heterocycles. The lowest BCUT2D eigenvalue weighted by atomic mass is 10.1. The zero-order valence-electron chi connectivity index (χ0n) is 11.2. The Labute approximate surface area is 117 Å². The van der Waals surface area contributed by atoms with E-state index in [1.54, 1.807) is 0 Å². The van der Waals surface area contributed by atoms with E-state index in [1.807, 2.05) is 36.7 Å². The van der Waals surface area contributed by atoms with Gasteiger partial charge in [-0.15, -0.1) is 0 Å². The SMILES string of the molecule is Cc1nc(C)n(-c2cccc(Cl)c2CNC2CC2)n1. The molecule has 1 aromatic carbocycles. The third-order valence-electron chi connectivity index (χ3n) is 3.34. The maximum absolute atomic E-state index is 6.34. The van der Waals surface area contributed by atoms with Crippen LogP contribution in [0.5, 0.6) is 0 Å². The minimum Gasteiger partial charge on any atom is -0.310 e. The van der Waals surface area contributed by atoms with Crippen LogP contribution in [0, 0.1) is 13.8 Å². The number of rotatable bonds is 4. The molecule has 0 spiro atoms. The fourth-order valence-electron chi connectivity index (χ4n) is 2.20. The summed E-state index contributed by atoms with van der Waals surface area (Å²) in [5.74, 6) is 1.66. The van der Waals surface area contributed by atoms with Crippen LogP contribution in [-0.4, -0.2) is 20.8 Å². The summed E-state index contributed by atoms with van der Waals surface area (Å²) in [5, 5.41) is 8.72. The fourth-order valence-corrected chi connectivity index (χ4v) is 2.44. The van der Waals surface area contributed by atoms with Crippen molar-refractivity contribution in [1.82, 2.24) is 20.1 Å². The van der Waals surface area contributed by atoms with E-state index in [0.29, 0.717) is 6.04 Å². The molecule has 0 unspecified atom stereocenters. The predicted molar refractivity (Wildman–Crippen MR) is 75.7 cm³/mol. The van der Waals surface area contributed by atoms with Gasteiger partial charge >= 0.3 is 0 Å². The molecule has 2 aromatic rings. The Morgan fingerprint density at radius 1 is 1.37 bits per heavy atom. The molecule has 0 atom stereocenters.